The lowest BCUT2D eigenvalue weighted by Crippen LogP contribution is -2.31. The molecule has 0 saturated heterocycles. The Hall–Kier alpha value is -0.580. The van der Waals surface area contributed by atoms with Crippen LogP contribution in [0.5, 0.6) is 5.75 Å². The molecule has 0 saturated carbocycles. The quantitative estimate of drug-likeness (QED) is 0.814. The van der Waals surface area contributed by atoms with Crippen LogP contribution in [0.3, 0.4) is 0 Å². The fourth-order valence-corrected chi connectivity index (χ4v) is 2.81. The summed E-state index contributed by atoms with van der Waals surface area (Å²) in [6.45, 7) is 1.71. The molecule has 1 heterocycles. The van der Waals surface area contributed by atoms with Gasteiger partial charge in [-0.1, -0.05) is 11.6 Å². The van der Waals surface area contributed by atoms with Gasteiger partial charge in [0, 0.05) is 40.8 Å². The van der Waals surface area contributed by atoms with Crippen LogP contribution in [-0.2, 0) is 17.2 Å². The first-order valence-corrected chi connectivity index (χ1v) is 8.21. The monoisotopic (exact) mass is 287 g/mol. The summed E-state index contributed by atoms with van der Waals surface area (Å²) in [4.78, 5) is 0. The van der Waals surface area contributed by atoms with Crippen LogP contribution in [0.4, 0.5) is 0 Å². The second-order valence-corrected chi connectivity index (χ2v) is 6.52. The van der Waals surface area contributed by atoms with Crippen LogP contribution >= 0.6 is 11.6 Å². The molecule has 2 rings (SSSR count). The molecule has 5 heteroatoms. The highest BCUT2D eigenvalue weighted by Gasteiger charge is 2.22. The van der Waals surface area contributed by atoms with Gasteiger partial charge in [-0.05, 0) is 36.7 Å². The zero-order valence-corrected chi connectivity index (χ0v) is 12.0. The molecule has 0 radical (unpaired) electrons. The van der Waals surface area contributed by atoms with Gasteiger partial charge in [-0.2, -0.15) is 0 Å². The van der Waals surface area contributed by atoms with Gasteiger partial charge in [0.1, 0.15) is 11.9 Å². The van der Waals surface area contributed by atoms with Crippen molar-refractivity contribution in [3.05, 3.63) is 28.8 Å². The molecule has 0 fully saturated rings. The minimum absolute atomic E-state index is 0.186. The van der Waals surface area contributed by atoms with E-state index >= 15 is 0 Å². The molecule has 2 unspecified atom stereocenters. The molecule has 2 atom stereocenters. The first-order valence-electron chi connectivity index (χ1n) is 6.11. The fourth-order valence-electron chi connectivity index (χ4n) is 2.07. The molecule has 1 N–H and O–H groups in total. The van der Waals surface area contributed by atoms with Gasteiger partial charge >= 0.3 is 0 Å². The number of benzene rings is 1. The maximum atomic E-state index is 10.9. The van der Waals surface area contributed by atoms with E-state index in [0.29, 0.717) is 0 Å². The maximum Gasteiger partial charge on any atom is 0.123 e. The normalized spacial score (nSPS) is 19.3. The van der Waals surface area contributed by atoms with E-state index in [2.05, 4.69) is 5.32 Å². The third-order valence-electron chi connectivity index (χ3n) is 2.92. The molecule has 1 aromatic rings. The summed E-state index contributed by atoms with van der Waals surface area (Å²) in [7, 11) is -0.692. The Labute approximate surface area is 115 Å². The van der Waals surface area contributed by atoms with Gasteiger partial charge < -0.3 is 10.1 Å². The largest absolute Gasteiger partial charge is 0.488 e. The number of nitrogens with one attached hydrogen (secondary N) is 1. The van der Waals surface area contributed by atoms with E-state index < -0.39 is 10.8 Å². The second-order valence-electron chi connectivity index (χ2n) is 4.53. The zero-order valence-electron chi connectivity index (χ0n) is 10.4. The summed E-state index contributed by atoms with van der Waals surface area (Å²) in [6.07, 6.45) is 3.77. The summed E-state index contributed by atoms with van der Waals surface area (Å²) in [5, 5.41) is 4.10. The van der Waals surface area contributed by atoms with E-state index in [0.717, 1.165) is 42.5 Å². The van der Waals surface area contributed by atoms with E-state index in [1.165, 1.54) is 5.56 Å². The summed E-state index contributed by atoms with van der Waals surface area (Å²) >= 11 is 5.95. The van der Waals surface area contributed by atoms with Crippen LogP contribution in [0.25, 0.3) is 0 Å². The molecule has 1 aliphatic rings. The smallest absolute Gasteiger partial charge is 0.123 e. The van der Waals surface area contributed by atoms with Gasteiger partial charge in [0.2, 0.25) is 0 Å². The molecule has 1 aromatic carbocycles. The Balaban J connectivity index is 1.70. The Morgan fingerprint density at radius 3 is 3.17 bits per heavy atom. The predicted molar refractivity (Wildman–Crippen MR) is 76.0 cm³/mol. The topological polar surface area (TPSA) is 38.3 Å². The molecule has 0 spiro atoms. The summed E-state index contributed by atoms with van der Waals surface area (Å²) in [5.41, 5.74) is 1.18. The van der Waals surface area contributed by atoms with Crippen molar-refractivity contribution in [2.45, 2.75) is 18.9 Å². The van der Waals surface area contributed by atoms with Crippen molar-refractivity contribution >= 4 is 22.4 Å². The summed E-state index contributed by atoms with van der Waals surface area (Å²) < 4.78 is 16.7. The first kappa shape index (κ1) is 13.8. The lowest BCUT2D eigenvalue weighted by atomic mass is 10.1. The molecule has 1 aliphatic heterocycles. The maximum absolute atomic E-state index is 10.9. The molecule has 0 amide bonds. The minimum Gasteiger partial charge on any atom is -0.488 e. The van der Waals surface area contributed by atoms with Crippen LogP contribution in [0.15, 0.2) is 18.2 Å². The van der Waals surface area contributed by atoms with Crippen molar-refractivity contribution < 1.29 is 8.95 Å². The van der Waals surface area contributed by atoms with Crippen LogP contribution in [0, 0.1) is 0 Å². The highest BCUT2D eigenvalue weighted by Crippen LogP contribution is 2.30. The van der Waals surface area contributed by atoms with Crippen molar-refractivity contribution in [3.8, 4) is 5.75 Å². The number of rotatable bonds is 6. The van der Waals surface area contributed by atoms with Gasteiger partial charge in [-0.25, -0.2) is 0 Å². The van der Waals surface area contributed by atoms with Crippen molar-refractivity contribution in [3.63, 3.8) is 0 Å². The van der Waals surface area contributed by atoms with E-state index in [1.807, 2.05) is 18.2 Å². The minimum atomic E-state index is -0.692. The van der Waals surface area contributed by atoms with Gasteiger partial charge in [0.25, 0.3) is 0 Å². The first-order chi connectivity index (χ1) is 8.65. The molecule has 18 heavy (non-hydrogen) atoms. The van der Waals surface area contributed by atoms with E-state index in [1.54, 1.807) is 6.26 Å². The van der Waals surface area contributed by atoms with E-state index in [-0.39, 0.29) is 6.10 Å². The van der Waals surface area contributed by atoms with Crippen LogP contribution in [-0.4, -0.2) is 35.4 Å². The van der Waals surface area contributed by atoms with Crippen molar-refractivity contribution in [2.24, 2.45) is 0 Å². The van der Waals surface area contributed by atoms with Crippen molar-refractivity contribution in [1.82, 2.24) is 5.32 Å². The standard InChI is InChI=1S/C13H18ClNO2S/c1-18(16)6-2-5-15-9-12-8-10-7-11(14)3-4-13(10)17-12/h3-4,7,12,15H,2,5-6,8-9H2,1H3. The summed E-state index contributed by atoms with van der Waals surface area (Å²) in [6, 6.07) is 5.75. The average Bonchev–Trinajstić information content (AvgIpc) is 2.70. The Bertz CT molecular complexity index is 439. The second kappa shape index (κ2) is 6.55. The predicted octanol–water partition coefficient (Wildman–Crippen LogP) is 2.00. The highest BCUT2D eigenvalue weighted by molar-refractivity contribution is 7.84. The zero-order chi connectivity index (χ0) is 13.0. The van der Waals surface area contributed by atoms with Gasteiger partial charge in [-0.3, -0.25) is 4.21 Å². The molecular weight excluding hydrogens is 270 g/mol. The molecule has 3 nitrogen and oxygen atoms in total. The van der Waals surface area contributed by atoms with Crippen molar-refractivity contribution in [1.29, 1.82) is 0 Å². The Morgan fingerprint density at radius 1 is 1.56 bits per heavy atom. The number of halogens is 1. The number of hydrogen-bond donors (Lipinski definition) is 1. The van der Waals surface area contributed by atoms with Gasteiger partial charge in [0.15, 0.2) is 0 Å². The van der Waals surface area contributed by atoms with Crippen LogP contribution < -0.4 is 10.1 Å². The third kappa shape index (κ3) is 3.97. The van der Waals surface area contributed by atoms with Crippen LogP contribution in [0.2, 0.25) is 5.02 Å². The lowest BCUT2D eigenvalue weighted by Gasteiger charge is -2.11. The molecule has 100 valence electrons. The third-order valence-corrected chi connectivity index (χ3v) is 4.02. The molecule has 0 aromatic heterocycles. The highest BCUT2D eigenvalue weighted by atomic mass is 35.5. The summed E-state index contributed by atoms with van der Waals surface area (Å²) in [5.74, 6) is 1.70. The van der Waals surface area contributed by atoms with Gasteiger partial charge in [-0.15, -0.1) is 0 Å². The van der Waals surface area contributed by atoms with Crippen molar-refractivity contribution in [2.75, 3.05) is 25.1 Å². The SMILES string of the molecule is CS(=O)CCCNCC1Cc2cc(Cl)ccc2O1. The average molecular weight is 288 g/mol. The molecular formula is C13H18ClNO2S. The number of ether oxygens (including phenoxy) is 1. The fraction of sp³-hybridized carbons (Fsp3) is 0.538. The van der Waals surface area contributed by atoms with E-state index in [9.17, 15) is 4.21 Å². The Morgan fingerprint density at radius 2 is 2.39 bits per heavy atom. The molecule has 0 aliphatic carbocycles. The Kier molecular flexibility index (Phi) is 5.03. The lowest BCUT2D eigenvalue weighted by molar-refractivity contribution is 0.228. The van der Waals surface area contributed by atoms with E-state index in [4.69, 9.17) is 16.3 Å². The number of hydrogen-bond acceptors (Lipinski definition) is 3. The van der Waals surface area contributed by atoms with Gasteiger partial charge in [0.05, 0.1) is 0 Å². The molecule has 0 bridgehead atoms. The van der Waals surface area contributed by atoms with Crippen LogP contribution in [0.1, 0.15) is 12.0 Å². The number of fused-ring (bicyclic) bond motifs is 1.